The molecule has 0 bridgehead atoms. The molecule has 114 valence electrons. The van der Waals surface area contributed by atoms with E-state index < -0.39 is 16.1 Å². The maximum absolute atomic E-state index is 12.2. The van der Waals surface area contributed by atoms with Crippen LogP contribution in [0.25, 0.3) is 0 Å². The van der Waals surface area contributed by atoms with E-state index in [4.69, 9.17) is 0 Å². The molecule has 0 spiro atoms. The first-order valence-corrected chi connectivity index (χ1v) is 8.52. The smallest absolute Gasteiger partial charge is 0.242 e. The van der Waals surface area contributed by atoms with Crippen LogP contribution < -0.4 is 5.32 Å². The average molecular weight is 310 g/mol. The molecular weight excluding hydrogens is 292 g/mol. The van der Waals surface area contributed by atoms with E-state index in [1.54, 1.807) is 24.3 Å². The number of carbonyl (C=O) groups is 2. The third kappa shape index (κ3) is 3.68. The van der Waals surface area contributed by atoms with E-state index in [1.165, 1.54) is 11.2 Å². The van der Waals surface area contributed by atoms with Crippen LogP contribution in [0.5, 0.6) is 0 Å². The lowest BCUT2D eigenvalue weighted by Crippen LogP contribution is -2.42. The molecule has 7 heteroatoms. The molecule has 1 amide bonds. The summed E-state index contributed by atoms with van der Waals surface area (Å²) in [5.74, 6) is -0.388. The van der Waals surface area contributed by atoms with Crippen molar-refractivity contribution < 1.29 is 18.0 Å². The van der Waals surface area contributed by atoms with Gasteiger partial charge in [0.1, 0.15) is 6.04 Å². The summed E-state index contributed by atoms with van der Waals surface area (Å²) in [4.78, 5) is 23.4. The maximum atomic E-state index is 12.2. The maximum Gasteiger partial charge on any atom is 0.242 e. The molecule has 0 radical (unpaired) electrons. The molecule has 1 aliphatic rings. The van der Waals surface area contributed by atoms with Crippen molar-refractivity contribution in [2.75, 3.05) is 18.1 Å². The summed E-state index contributed by atoms with van der Waals surface area (Å²) in [6.07, 6.45) is 2.30. The molecule has 1 aliphatic heterocycles. The molecule has 2 rings (SSSR count). The molecule has 21 heavy (non-hydrogen) atoms. The van der Waals surface area contributed by atoms with Gasteiger partial charge < -0.3 is 5.32 Å². The zero-order valence-corrected chi connectivity index (χ0v) is 12.8. The highest BCUT2D eigenvalue weighted by molar-refractivity contribution is 7.88. The fourth-order valence-corrected chi connectivity index (χ4v) is 3.54. The molecule has 1 fully saturated rings. The first kappa shape index (κ1) is 15.7. The molecule has 1 saturated heterocycles. The second-order valence-corrected chi connectivity index (χ2v) is 7.09. The van der Waals surface area contributed by atoms with Crippen LogP contribution in [0.1, 0.15) is 30.1 Å². The van der Waals surface area contributed by atoms with Gasteiger partial charge in [-0.3, -0.25) is 9.59 Å². The predicted molar refractivity (Wildman–Crippen MR) is 79.6 cm³/mol. The van der Waals surface area contributed by atoms with Crippen LogP contribution >= 0.6 is 0 Å². The Bertz CT molecular complexity index is 652. The summed E-state index contributed by atoms with van der Waals surface area (Å²) in [5.41, 5.74) is 1.11. The predicted octanol–water partition coefficient (Wildman–Crippen LogP) is 1.25. The van der Waals surface area contributed by atoms with Gasteiger partial charge in [0, 0.05) is 17.8 Å². The Labute approximate surface area is 124 Å². The van der Waals surface area contributed by atoms with E-state index in [-0.39, 0.29) is 11.7 Å². The summed E-state index contributed by atoms with van der Waals surface area (Å²) in [5, 5.41) is 2.70. The van der Waals surface area contributed by atoms with Crippen LogP contribution in [-0.4, -0.2) is 43.3 Å². The highest BCUT2D eigenvalue weighted by atomic mass is 32.2. The fourth-order valence-electron chi connectivity index (χ4n) is 2.41. The minimum absolute atomic E-state index is 0.0491. The van der Waals surface area contributed by atoms with Crippen LogP contribution in [0.3, 0.4) is 0 Å². The van der Waals surface area contributed by atoms with E-state index >= 15 is 0 Å². The van der Waals surface area contributed by atoms with Gasteiger partial charge >= 0.3 is 0 Å². The minimum atomic E-state index is -3.38. The molecule has 1 unspecified atom stereocenters. The standard InChI is InChI=1S/C14H18N2O4S/c1-10(17)11-5-7-12(8-6-11)15-14(18)13-4-3-9-16(13)21(2,19)20/h5-8,13H,3-4,9H2,1-2H3,(H,15,18). The molecule has 1 atom stereocenters. The van der Waals surface area contributed by atoms with Crippen LogP contribution in [0.4, 0.5) is 5.69 Å². The number of sulfonamides is 1. The van der Waals surface area contributed by atoms with Gasteiger partial charge in [-0.1, -0.05) is 0 Å². The summed E-state index contributed by atoms with van der Waals surface area (Å²) in [6.45, 7) is 1.84. The Morgan fingerprint density at radius 3 is 2.38 bits per heavy atom. The first-order valence-electron chi connectivity index (χ1n) is 6.68. The second-order valence-electron chi connectivity index (χ2n) is 5.15. The number of hydrogen-bond acceptors (Lipinski definition) is 4. The Hall–Kier alpha value is -1.73. The number of anilines is 1. The molecule has 1 aromatic rings. The van der Waals surface area contributed by atoms with Crippen molar-refractivity contribution in [1.82, 2.24) is 4.31 Å². The topological polar surface area (TPSA) is 83.6 Å². The van der Waals surface area contributed by atoms with Gasteiger partial charge in [-0.2, -0.15) is 4.31 Å². The van der Waals surface area contributed by atoms with Gasteiger partial charge in [-0.15, -0.1) is 0 Å². The third-order valence-corrected chi connectivity index (χ3v) is 4.78. The highest BCUT2D eigenvalue weighted by Crippen LogP contribution is 2.22. The molecule has 1 aromatic carbocycles. The van der Waals surface area contributed by atoms with Crippen LogP contribution in [0, 0.1) is 0 Å². The van der Waals surface area contributed by atoms with Crippen molar-refractivity contribution in [2.24, 2.45) is 0 Å². The third-order valence-electron chi connectivity index (χ3n) is 3.49. The summed E-state index contributed by atoms with van der Waals surface area (Å²) in [7, 11) is -3.38. The molecular formula is C14H18N2O4S. The van der Waals surface area contributed by atoms with E-state index in [0.717, 1.165) is 6.26 Å². The van der Waals surface area contributed by atoms with Crippen molar-refractivity contribution >= 4 is 27.4 Å². The van der Waals surface area contributed by atoms with Gasteiger partial charge in [0.05, 0.1) is 6.26 Å². The van der Waals surface area contributed by atoms with Gasteiger partial charge in [-0.25, -0.2) is 8.42 Å². The van der Waals surface area contributed by atoms with Crippen molar-refractivity contribution in [1.29, 1.82) is 0 Å². The van der Waals surface area contributed by atoms with E-state index in [2.05, 4.69) is 5.32 Å². The van der Waals surface area contributed by atoms with Crippen molar-refractivity contribution in [2.45, 2.75) is 25.8 Å². The lowest BCUT2D eigenvalue weighted by atomic mass is 10.1. The minimum Gasteiger partial charge on any atom is -0.325 e. The normalized spacial score (nSPS) is 19.4. The summed E-state index contributed by atoms with van der Waals surface area (Å²) in [6, 6.07) is 5.86. The molecule has 0 saturated carbocycles. The first-order chi connectivity index (χ1) is 9.79. The van der Waals surface area contributed by atoms with Crippen molar-refractivity contribution in [3.63, 3.8) is 0 Å². The average Bonchev–Trinajstić information content (AvgIpc) is 2.88. The number of nitrogens with zero attached hydrogens (tertiary/aromatic N) is 1. The zero-order chi connectivity index (χ0) is 15.6. The van der Waals surface area contributed by atoms with Crippen molar-refractivity contribution in [3.05, 3.63) is 29.8 Å². The molecule has 1 heterocycles. The number of rotatable bonds is 4. The van der Waals surface area contributed by atoms with Gasteiger partial charge in [0.15, 0.2) is 5.78 Å². The number of amides is 1. The lowest BCUT2D eigenvalue weighted by molar-refractivity contribution is -0.119. The number of benzene rings is 1. The quantitative estimate of drug-likeness (QED) is 0.848. The zero-order valence-electron chi connectivity index (χ0n) is 12.0. The monoisotopic (exact) mass is 310 g/mol. The van der Waals surface area contributed by atoms with Crippen LogP contribution in [0.2, 0.25) is 0 Å². The summed E-state index contributed by atoms with van der Waals surface area (Å²) < 4.78 is 24.5. The Morgan fingerprint density at radius 2 is 1.86 bits per heavy atom. The number of nitrogens with one attached hydrogen (secondary N) is 1. The number of hydrogen-bond donors (Lipinski definition) is 1. The van der Waals surface area contributed by atoms with Crippen LogP contribution in [0.15, 0.2) is 24.3 Å². The van der Waals surface area contributed by atoms with E-state index in [9.17, 15) is 18.0 Å². The highest BCUT2D eigenvalue weighted by Gasteiger charge is 2.36. The second kappa shape index (κ2) is 5.95. The number of carbonyl (C=O) groups excluding carboxylic acids is 2. The largest absolute Gasteiger partial charge is 0.325 e. The molecule has 6 nitrogen and oxygen atoms in total. The van der Waals surface area contributed by atoms with Gasteiger partial charge in [0.2, 0.25) is 15.9 Å². The Balaban J connectivity index is 2.09. The SMILES string of the molecule is CC(=O)c1ccc(NC(=O)C2CCCN2S(C)(=O)=O)cc1. The Kier molecular flexibility index (Phi) is 4.43. The molecule has 0 aromatic heterocycles. The summed E-state index contributed by atoms with van der Waals surface area (Å²) >= 11 is 0. The van der Waals surface area contributed by atoms with Crippen LogP contribution in [-0.2, 0) is 14.8 Å². The molecule has 1 N–H and O–H groups in total. The van der Waals surface area contributed by atoms with E-state index in [1.807, 2.05) is 0 Å². The van der Waals surface area contributed by atoms with Gasteiger partial charge in [-0.05, 0) is 44.0 Å². The van der Waals surface area contributed by atoms with Crippen molar-refractivity contribution in [3.8, 4) is 0 Å². The van der Waals surface area contributed by atoms with E-state index in [0.29, 0.717) is 30.6 Å². The fraction of sp³-hybridized carbons (Fsp3) is 0.429. The molecule has 0 aliphatic carbocycles. The number of Topliss-reactive ketones (excluding diaryl/α,β-unsaturated/α-hetero) is 1. The Morgan fingerprint density at radius 1 is 1.24 bits per heavy atom. The lowest BCUT2D eigenvalue weighted by Gasteiger charge is -2.21. The number of ketones is 1. The van der Waals surface area contributed by atoms with Gasteiger partial charge in [0.25, 0.3) is 0 Å².